The summed E-state index contributed by atoms with van der Waals surface area (Å²) >= 11 is 0. The van der Waals surface area contributed by atoms with E-state index in [1.54, 1.807) is 7.11 Å². The zero-order chi connectivity index (χ0) is 18.4. The maximum absolute atomic E-state index is 12.8. The van der Waals surface area contributed by atoms with Crippen molar-refractivity contribution in [1.29, 1.82) is 0 Å². The fraction of sp³-hybridized carbons (Fsp3) is 0.500. The third-order valence-electron chi connectivity index (χ3n) is 4.09. The lowest BCUT2D eigenvalue weighted by molar-refractivity contribution is 0.0947. The Morgan fingerprint density at radius 2 is 1.92 bits per heavy atom. The summed E-state index contributed by atoms with van der Waals surface area (Å²) in [5.74, 6) is 1.20. The number of hydrogen-bond donors (Lipinski definition) is 1. The SMILES string of the molecule is CCCc1nn(-c2ccc(OC)cc2)c(CC)c1C(=O)NCC(C)C. The third-order valence-corrected chi connectivity index (χ3v) is 4.09. The first-order chi connectivity index (χ1) is 12.0. The first-order valence-electron chi connectivity index (χ1n) is 9.05. The lowest BCUT2D eigenvalue weighted by atomic mass is 10.1. The highest BCUT2D eigenvalue weighted by Crippen LogP contribution is 2.23. The molecule has 0 aliphatic rings. The highest BCUT2D eigenvalue weighted by atomic mass is 16.5. The Bertz CT molecular complexity index is 702. The molecule has 1 aromatic carbocycles. The fourth-order valence-corrected chi connectivity index (χ4v) is 2.83. The predicted molar refractivity (Wildman–Crippen MR) is 101 cm³/mol. The van der Waals surface area contributed by atoms with E-state index in [2.05, 4.69) is 33.0 Å². The first kappa shape index (κ1) is 19.0. The summed E-state index contributed by atoms with van der Waals surface area (Å²) in [5, 5.41) is 7.80. The Labute approximate surface area is 150 Å². The van der Waals surface area contributed by atoms with Crippen molar-refractivity contribution in [2.45, 2.75) is 47.0 Å². The number of ether oxygens (including phenoxy) is 1. The average Bonchev–Trinajstić information content (AvgIpc) is 2.98. The standard InChI is InChI=1S/C20H29N3O2/c1-6-8-17-19(20(24)21-13-14(3)4)18(7-2)23(22-17)15-9-11-16(25-5)12-10-15/h9-12,14H,6-8,13H2,1-5H3,(H,21,24). The molecule has 1 N–H and O–H groups in total. The van der Waals surface area contributed by atoms with E-state index < -0.39 is 0 Å². The zero-order valence-electron chi connectivity index (χ0n) is 15.9. The van der Waals surface area contributed by atoms with Crippen molar-refractivity contribution >= 4 is 5.91 Å². The van der Waals surface area contributed by atoms with Crippen molar-refractivity contribution in [2.75, 3.05) is 13.7 Å². The highest BCUT2D eigenvalue weighted by Gasteiger charge is 2.23. The van der Waals surface area contributed by atoms with E-state index in [-0.39, 0.29) is 5.91 Å². The highest BCUT2D eigenvalue weighted by molar-refractivity contribution is 5.96. The second-order valence-corrected chi connectivity index (χ2v) is 6.59. The van der Waals surface area contributed by atoms with Gasteiger partial charge < -0.3 is 10.1 Å². The zero-order valence-corrected chi connectivity index (χ0v) is 15.9. The number of aromatic nitrogens is 2. The van der Waals surface area contributed by atoms with Crippen LogP contribution in [0, 0.1) is 5.92 Å². The van der Waals surface area contributed by atoms with Crippen LogP contribution in [-0.2, 0) is 12.8 Å². The number of nitrogens with zero attached hydrogens (tertiary/aromatic N) is 2. The molecule has 5 heteroatoms. The van der Waals surface area contributed by atoms with Crippen LogP contribution in [0.25, 0.3) is 5.69 Å². The number of amides is 1. The van der Waals surface area contributed by atoms with Crippen molar-refractivity contribution in [3.8, 4) is 11.4 Å². The van der Waals surface area contributed by atoms with Crippen LogP contribution < -0.4 is 10.1 Å². The van der Waals surface area contributed by atoms with Crippen molar-refractivity contribution in [3.05, 3.63) is 41.2 Å². The van der Waals surface area contributed by atoms with Gasteiger partial charge in [0.05, 0.1) is 29.7 Å². The minimum absolute atomic E-state index is 0.0197. The summed E-state index contributed by atoms with van der Waals surface area (Å²) in [4.78, 5) is 12.8. The molecule has 0 fully saturated rings. The van der Waals surface area contributed by atoms with Crippen molar-refractivity contribution in [3.63, 3.8) is 0 Å². The molecule has 2 aromatic rings. The number of nitrogens with one attached hydrogen (secondary N) is 1. The smallest absolute Gasteiger partial charge is 0.255 e. The molecular formula is C20H29N3O2. The van der Waals surface area contributed by atoms with Gasteiger partial charge in [-0.05, 0) is 43.0 Å². The molecule has 0 bridgehead atoms. The Balaban J connectivity index is 2.46. The molecule has 1 amide bonds. The van der Waals surface area contributed by atoms with Gasteiger partial charge in [-0.1, -0.05) is 34.1 Å². The molecular weight excluding hydrogens is 314 g/mol. The molecule has 0 atom stereocenters. The van der Waals surface area contributed by atoms with Gasteiger partial charge in [0.15, 0.2) is 0 Å². The quantitative estimate of drug-likeness (QED) is 0.793. The van der Waals surface area contributed by atoms with Gasteiger partial charge in [-0.15, -0.1) is 0 Å². The van der Waals surface area contributed by atoms with Crippen LogP contribution in [0.15, 0.2) is 24.3 Å². The van der Waals surface area contributed by atoms with E-state index >= 15 is 0 Å². The minimum Gasteiger partial charge on any atom is -0.497 e. The third kappa shape index (κ3) is 4.41. The van der Waals surface area contributed by atoms with Gasteiger partial charge in [-0.25, -0.2) is 4.68 Å². The Morgan fingerprint density at radius 3 is 2.44 bits per heavy atom. The van der Waals surface area contributed by atoms with Gasteiger partial charge in [0.25, 0.3) is 5.91 Å². The number of rotatable bonds is 8. The number of methoxy groups -OCH3 is 1. The van der Waals surface area contributed by atoms with E-state index in [0.29, 0.717) is 12.5 Å². The molecule has 0 radical (unpaired) electrons. The van der Waals surface area contributed by atoms with Gasteiger partial charge in [-0.3, -0.25) is 4.79 Å². The lowest BCUT2D eigenvalue weighted by Gasteiger charge is -2.10. The molecule has 0 aliphatic heterocycles. The van der Waals surface area contributed by atoms with Crippen LogP contribution >= 0.6 is 0 Å². The molecule has 25 heavy (non-hydrogen) atoms. The Morgan fingerprint density at radius 1 is 1.24 bits per heavy atom. The van der Waals surface area contributed by atoms with Crippen LogP contribution in [0.1, 0.15) is 55.9 Å². The second kappa shape index (κ2) is 8.70. The molecule has 0 unspecified atom stereocenters. The van der Waals surface area contributed by atoms with E-state index in [1.165, 1.54) is 0 Å². The molecule has 2 rings (SSSR count). The Kier molecular flexibility index (Phi) is 6.62. The van der Waals surface area contributed by atoms with E-state index in [9.17, 15) is 4.79 Å². The van der Waals surface area contributed by atoms with Crippen LogP contribution in [0.2, 0.25) is 0 Å². The minimum atomic E-state index is -0.0197. The summed E-state index contributed by atoms with van der Waals surface area (Å²) in [6.07, 6.45) is 2.49. The first-order valence-corrected chi connectivity index (χ1v) is 9.05. The lowest BCUT2D eigenvalue weighted by Crippen LogP contribution is -2.28. The summed E-state index contributed by atoms with van der Waals surface area (Å²) in [6.45, 7) is 9.02. The van der Waals surface area contributed by atoms with Crippen LogP contribution in [-0.4, -0.2) is 29.3 Å². The average molecular weight is 343 g/mol. The summed E-state index contributed by atoms with van der Waals surface area (Å²) in [7, 11) is 1.65. The van der Waals surface area contributed by atoms with Crippen LogP contribution in [0.4, 0.5) is 0 Å². The van der Waals surface area contributed by atoms with E-state index in [0.717, 1.165) is 47.7 Å². The summed E-state index contributed by atoms with van der Waals surface area (Å²) in [6, 6.07) is 7.76. The molecule has 0 aliphatic carbocycles. The molecule has 0 saturated heterocycles. The van der Waals surface area contributed by atoms with Crippen molar-refractivity contribution in [2.24, 2.45) is 5.92 Å². The summed E-state index contributed by atoms with van der Waals surface area (Å²) in [5.41, 5.74) is 3.50. The largest absolute Gasteiger partial charge is 0.497 e. The van der Waals surface area contributed by atoms with Crippen molar-refractivity contribution in [1.82, 2.24) is 15.1 Å². The van der Waals surface area contributed by atoms with E-state index in [1.807, 2.05) is 28.9 Å². The number of benzene rings is 1. The number of carbonyl (C=O) groups excluding carboxylic acids is 1. The predicted octanol–water partition coefficient (Wildman–Crippen LogP) is 3.78. The number of hydrogen-bond acceptors (Lipinski definition) is 3. The molecule has 1 heterocycles. The molecule has 136 valence electrons. The maximum Gasteiger partial charge on any atom is 0.255 e. The molecule has 0 spiro atoms. The van der Waals surface area contributed by atoms with Gasteiger partial charge in [0.2, 0.25) is 0 Å². The maximum atomic E-state index is 12.8. The van der Waals surface area contributed by atoms with Crippen LogP contribution in [0.5, 0.6) is 5.75 Å². The molecule has 5 nitrogen and oxygen atoms in total. The number of carbonyl (C=O) groups is 1. The monoisotopic (exact) mass is 343 g/mol. The van der Waals surface area contributed by atoms with Crippen LogP contribution in [0.3, 0.4) is 0 Å². The van der Waals surface area contributed by atoms with E-state index in [4.69, 9.17) is 9.84 Å². The Hall–Kier alpha value is -2.30. The topological polar surface area (TPSA) is 56.2 Å². The van der Waals surface area contributed by atoms with Gasteiger partial charge in [0, 0.05) is 6.54 Å². The summed E-state index contributed by atoms with van der Waals surface area (Å²) < 4.78 is 7.13. The van der Waals surface area contributed by atoms with Gasteiger partial charge in [-0.2, -0.15) is 5.10 Å². The van der Waals surface area contributed by atoms with Crippen molar-refractivity contribution < 1.29 is 9.53 Å². The fourth-order valence-electron chi connectivity index (χ4n) is 2.83. The van der Waals surface area contributed by atoms with Gasteiger partial charge in [0.1, 0.15) is 5.75 Å². The number of aryl methyl sites for hydroxylation is 1. The normalized spacial score (nSPS) is 11.0. The molecule has 0 saturated carbocycles. The molecule has 1 aromatic heterocycles. The van der Waals surface area contributed by atoms with Gasteiger partial charge >= 0.3 is 0 Å². The second-order valence-electron chi connectivity index (χ2n) is 6.59.